The summed E-state index contributed by atoms with van der Waals surface area (Å²) in [7, 11) is 0. The van der Waals surface area contributed by atoms with Crippen LogP contribution >= 0.6 is 11.8 Å². The lowest BCUT2D eigenvalue weighted by Gasteiger charge is -2.10. The van der Waals surface area contributed by atoms with Gasteiger partial charge in [-0.2, -0.15) is 0 Å². The van der Waals surface area contributed by atoms with Crippen LogP contribution < -0.4 is 0 Å². The van der Waals surface area contributed by atoms with Crippen LogP contribution in [0.25, 0.3) is 11.6 Å². The van der Waals surface area contributed by atoms with Gasteiger partial charge in [-0.15, -0.1) is 10.2 Å². The lowest BCUT2D eigenvalue weighted by atomic mass is 10.2. The maximum absolute atomic E-state index is 5.40. The zero-order valence-corrected chi connectivity index (χ0v) is 11.2. The maximum atomic E-state index is 5.40. The highest BCUT2D eigenvalue weighted by Crippen LogP contribution is 2.25. The molecule has 0 aliphatic carbocycles. The minimum atomic E-state index is 0.552. The molecule has 0 aliphatic heterocycles. The first-order valence-electron chi connectivity index (χ1n) is 5.82. The largest absolute Gasteiger partial charge is 0.461 e. The van der Waals surface area contributed by atoms with E-state index in [1.807, 2.05) is 12.1 Å². The molecule has 0 aliphatic rings. The van der Waals surface area contributed by atoms with Crippen LogP contribution in [0.1, 0.15) is 20.8 Å². The van der Waals surface area contributed by atoms with Crippen LogP contribution in [-0.4, -0.2) is 20.5 Å². The summed E-state index contributed by atoms with van der Waals surface area (Å²) >= 11 is 1.71. The highest BCUT2D eigenvalue weighted by atomic mass is 32.2. The lowest BCUT2D eigenvalue weighted by Crippen LogP contribution is -2.07. The Bertz CT molecular complexity index is 462. The first-order chi connectivity index (χ1) is 8.22. The Balaban J connectivity index is 2.38. The molecule has 2 aromatic heterocycles. The fourth-order valence-electron chi connectivity index (χ4n) is 1.64. The molecule has 0 N–H and O–H groups in total. The van der Waals surface area contributed by atoms with E-state index in [2.05, 4.69) is 35.5 Å². The van der Waals surface area contributed by atoms with E-state index in [1.165, 1.54) is 0 Å². The van der Waals surface area contributed by atoms with Gasteiger partial charge in [0, 0.05) is 6.54 Å². The van der Waals surface area contributed by atoms with Crippen LogP contribution in [0.3, 0.4) is 0 Å². The third-order valence-corrected chi connectivity index (χ3v) is 3.13. The second-order valence-corrected chi connectivity index (χ2v) is 5.45. The third kappa shape index (κ3) is 2.72. The van der Waals surface area contributed by atoms with Gasteiger partial charge in [-0.1, -0.05) is 32.5 Å². The Kier molecular flexibility index (Phi) is 3.89. The lowest BCUT2D eigenvalue weighted by molar-refractivity contribution is 0.489. The molecule has 0 bridgehead atoms. The van der Waals surface area contributed by atoms with Crippen molar-refractivity contribution >= 4 is 11.8 Å². The Morgan fingerprint density at radius 1 is 1.41 bits per heavy atom. The van der Waals surface area contributed by atoms with Crippen molar-refractivity contribution < 1.29 is 4.42 Å². The highest BCUT2D eigenvalue weighted by molar-refractivity contribution is 7.99. The summed E-state index contributed by atoms with van der Waals surface area (Å²) in [6.45, 7) is 7.40. The zero-order valence-electron chi connectivity index (χ0n) is 10.4. The second-order valence-electron chi connectivity index (χ2n) is 4.22. The quantitative estimate of drug-likeness (QED) is 0.765. The van der Waals surface area contributed by atoms with E-state index in [1.54, 1.807) is 18.0 Å². The molecule has 2 rings (SSSR count). The molecule has 5 heteroatoms. The van der Waals surface area contributed by atoms with Gasteiger partial charge < -0.3 is 4.42 Å². The molecule has 0 fully saturated rings. The number of furan rings is 1. The van der Waals surface area contributed by atoms with E-state index in [-0.39, 0.29) is 0 Å². The van der Waals surface area contributed by atoms with E-state index in [0.717, 1.165) is 29.0 Å². The van der Waals surface area contributed by atoms with Crippen molar-refractivity contribution in [3.63, 3.8) is 0 Å². The van der Waals surface area contributed by atoms with Gasteiger partial charge in [0.1, 0.15) is 0 Å². The van der Waals surface area contributed by atoms with Gasteiger partial charge in [0.05, 0.1) is 6.26 Å². The zero-order chi connectivity index (χ0) is 12.3. The normalized spacial score (nSPS) is 11.3. The molecular formula is C12H17N3OS. The van der Waals surface area contributed by atoms with Crippen molar-refractivity contribution in [3.05, 3.63) is 18.4 Å². The summed E-state index contributed by atoms with van der Waals surface area (Å²) in [6.07, 6.45) is 1.66. The van der Waals surface area contributed by atoms with Crippen LogP contribution in [0.15, 0.2) is 28.0 Å². The molecule has 0 saturated carbocycles. The van der Waals surface area contributed by atoms with Crippen molar-refractivity contribution in [2.45, 2.75) is 32.5 Å². The number of rotatable bonds is 5. The Labute approximate surface area is 105 Å². The van der Waals surface area contributed by atoms with Crippen LogP contribution in [-0.2, 0) is 6.54 Å². The van der Waals surface area contributed by atoms with Crippen molar-refractivity contribution in [2.24, 2.45) is 5.92 Å². The predicted octanol–water partition coefficient (Wildman–Crippen LogP) is 3.31. The van der Waals surface area contributed by atoms with E-state index in [9.17, 15) is 0 Å². The number of hydrogen-bond donors (Lipinski definition) is 0. The molecule has 0 spiro atoms. The molecule has 2 heterocycles. The summed E-state index contributed by atoms with van der Waals surface area (Å²) in [5.74, 6) is 3.14. The van der Waals surface area contributed by atoms with Crippen molar-refractivity contribution in [2.75, 3.05) is 5.75 Å². The first kappa shape index (κ1) is 12.2. The van der Waals surface area contributed by atoms with Gasteiger partial charge in [-0.3, -0.25) is 4.57 Å². The predicted molar refractivity (Wildman–Crippen MR) is 69.0 cm³/mol. The second kappa shape index (κ2) is 5.40. The van der Waals surface area contributed by atoms with E-state index >= 15 is 0 Å². The number of nitrogens with zero attached hydrogens (tertiary/aromatic N) is 3. The number of hydrogen-bond acceptors (Lipinski definition) is 4. The summed E-state index contributed by atoms with van der Waals surface area (Å²) in [4.78, 5) is 0. The first-order valence-corrected chi connectivity index (χ1v) is 6.80. The van der Waals surface area contributed by atoms with Crippen LogP contribution in [0.4, 0.5) is 0 Å². The summed E-state index contributed by atoms with van der Waals surface area (Å²) in [6, 6.07) is 3.79. The minimum absolute atomic E-state index is 0.552. The molecule has 2 aromatic rings. The van der Waals surface area contributed by atoms with E-state index in [0.29, 0.717) is 5.92 Å². The molecule has 0 atom stereocenters. The molecule has 17 heavy (non-hydrogen) atoms. The van der Waals surface area contributed by atoms with Crippen LogP contribution in [0.5, 0.6) is 0 Å². The Morgan fingerprint density at radius 3 is 2.82 bits per heavy atom. The van der Waals surface area contributed by atoms with Gasteiger partial charge in [0.15, 0.2) is 16.7 Å². The molecule has 4 nitrogen and oxygen atoms in total. The summed E-state index contributed by atoms with van der Waals surface area (Å²) < 4.78 is 7.54. The van der Waals surface area contributed by atoms with Crippen molar-refractivity contribution in [1.29, 1.82) is 0 Å². The van der Waals surface area contributed by atoms with Gasteiger partial charge in [0.25, 0.3) is 0 Å². The average molecular weight is 251 g/mol. The minimum Gasteiger partial charge on any atom is -0.461 e. The van der Waals surface area contributed by atoms with Crippen LogP contribution in [0, 0.1) is 5.92 Å². The molecule has 0 aromatic carbocycles. The molecule has 0 saturated heterocycles. The van der Waals surface area contributed by atoms with Gasteiger partial charge in [0.2, 0.25) is 0 Å². The standard InChI is InChI=1S/C12H17N3OS/c1-4-17-12-14-13-11(10-6-5-7-16-10)15(12)8-9(2)3/h5-7,9H,4,8H2,1-3H3. The summed E-state index contributed by atoms with van der Waals surface area (Å²) in [5, 5.41) is 9.42. The topological polar surface area (TPSA) is 43.9 Å². The number of aromatic nitrogens is 3. The van der Waals surface area contributed by atoms with Crippen LogP contribution in [0.2, 0.25) is 0 Å². The van der Waals surface area contributed by atoms with Gasteiger partial charge in [-0.25, -0.2) is 0 Å². The van der Waals surface area contributed by atoms with Gasteiger partial charge in [-0.05, 0) is 23.8 Å². The average Bonchev–Trinajstić information content (AvgIpc) is 2.88. The third-order valence-electron chi connectivity index (χ3n) is 2.28. The molecule has 92 valence electrons. The Morgan fingerprint density at radius 2 is 2.24 bits per heavy atom. The van der Waals surface area contributed by atoms with E-state index in [4.69, 9.17) is 4.42 Å². The highest BCUT2D eigenvalue weighted by Gasteiger charge is 2.16. The van der Waals surface area contributed by atoms with Crippen molar-refractivity contribution in [3.8, 4) is 11.6 Å². The SMILES string of the molecule is CCSc1nnc(-c2ccco2)n1CC(C)C. The Hall–Kier alpha value is -1.23. The molecular weight excluding hydrogens is 234 g/mol. The maximum Gasteiger partial charge on any atom is 0.200 e. The molecule has 0 radical (unpaired) electrons. The van der Waals surface area contributed by atoms with Crippen molar-refractivity contribution in [1.82, 2.24) is 14.8 Å². The monoisotopic (exact) mass is 251 g/mol. The summed E-state index contributed by atoms with van der Waals surface area (Å²) in [5.41, 5.74) is 0. The van der Waals surface area contributed by atoms with E-state index < -0.39 is 0 Å². The molecule has 0 amide bonds. The van der Waals surface area contributed by atoms with Gasteiger partial charge >= 0.3 is 0 Å². The smallest absolute Gasteiger partial charge is 0.200 e. The fourth-order valence-corrected chi connectivity index (χ4v) is 2.32. The molecule has 0 unspecified atom stereocenters. The fraction of sp³-hybridized carbons (Fsp3) is 0.500. The number of thioether (sulfide) groups is 1.